The van der Waals surface area contributed by atoms with E-state index in [2.05, 4.69) is 21.2 Å². The molecule has 0 bridgehead atoms. The Kier molecular flexibility index (Phi) is 5.09. The molecule has 106 valence electrons. The third-order valence-electron chi connectivity index (χ3n) is 2.72. The zero-order valence-electron chi connectivity index (χ0n) is 10.9. The smallest absolute Gasteiger partial charge is 0.127 e. The fraction of sp³-hybridized carbons (Fsp3) is 0.200. The van der Waals surface area contributed by atoms with E-state index in [-0.39, 0.29) is 18.2 Å². The molecule has 0 aliphatic rings. The molecule has 0 heterocycles. The molecule has 0 saturated carbocycles. The number of benzene rings is 2. The van der Waals surface area contributed by atoms with E-state index in [0.717, 1.165) is 11.1 Å². The van der Waals surface area contributed by atoms with Gasteiger partial charge in [-0.25, -0.2) is 8.78 Å². The summed E-state index contributed by atoms with van der Waals surface area (Å²) in [5, 5.41) is 2.96. The summed E-state index contributed by atoms with van der Waals surface area (Å²) in [4.78, 5) is 0. The van der Waals surface area contributed by atoms with Crippen molar-refractivity contribution in [1.29, 1.82) is 0 Å². The molecule has 2 aromatic carbocycles. The van der Waals surface area contributed by atoms with Crippen molar-refractivity contribution in [3.05, 3.63) is 63.6 Å². The number of nitrogens with one attached hydrogen (secondary N) is 1. The van der Waals surface area contributed by atoms with E-state index in [1.54, 1.807) is 19.2 Å². The first-order valence-electron chi connectivity index (χ1n) is 6.09. The highest BCUT2D eigenvalue weighted by atomic mass is 79.9. The van der Waals surface area contributed by atoms with E-state index in [1.165, 1.54) is 24.3 Å². The molecule has 2 nitrogen and oxygen atoms in total. The van der Waals surface area contributed by atoms with Crippen molar-refractivity contribution >= 4 is 15.9 Å². The lowest BCUT2D eigenvalue weighted by atomic mass is 10.2. The maximum atomic E-state index is 13.4. The Morgan fingerprint density at radius 1 is 1.10 bits per heavy atom. The predicted molar refractivity (Wildman–Crippen MR) is 77.6 cm³/mol. The lowest BCUT2D eigenvalue weighted by Gasteiger charge is -2.10. The summed E-state index contributed by atoms with van der Waals surface area (Å²) in [6.45, 7) is 0.803. The lowest BCUT2D eigenvalue weighted by molar-refractivity contribution is 0.303. The fourth-order valence-corrected chi connectivity index (χ4v) is 2.28. The van der Waals surface area contributed by atoms with E-state index in [0.29, 0.717) is 16.8 Å². The maximum Gasteiger partial charge on any atom is 0.127 e. The Balaban J connectivity index is 2.10. The van der Waals surface area contributed by atoms with Crippen LogP contribution in [0.25, 0.3) is 0 Å². The van der Waals surface area contributed by atoms with Crippen molar-refractivity contribution in [2.24, 2.45) is 0 Å². The van der Waals surface area contributed by atoms with Crippen LogP contribution in [0.3, 0.4) is 0 Å². The van der Waals surface area contributed by atoms with Crippen LogP contribution in [0.2, 0.25) is 0 Å². The average molecular weight is 342 g/mol. The van der Waals surface area contributed by atoms with Crippen LogP contribution in [0, 0.1) is 11.6 Å². The molecule has 0 saturated heterocycles. The molecule has 0 aliphatic heterocycles. The molecule has 0 aliphatic carbocycles. The molecule has 0 atom stereocenters. The summed E-state index contributed by atoms with van der Waals surface area (Å²) >= 11 is 3.27. The molecule has 0 aromatic heterocycles. The van der Waals surface area contributed by atoms with E-state index in [4.69, 9.17) is 4.74 Å². The van der Waals surface area contributed by atoms with Crippen LogP contribution in [-0.4, -0.2) is 7.05 Å². The minimum Gasteiger partial charge on any atom is -0.489 e. The van der Waals surface area contributed by atoms with Gasteiger partial charge >= 0.3 is 0 Å². The van der Waals surface area contributed by atoms with Crippen molar-refractivity contribution in [3.63, 3.8) is 0 Å². The standard InChI is InChI=1S/C15H14BrF2NO/c1-19-8-10-4-13(18)6-14(5-10)20-9-11-2-3-12(17)7-15(11)16/h2-7,19H,8-9H2,1H3. The van der Waals surface area contributed by atoms with Crippen LogP contribution < -0.4 is 10.1 Å². The molecular weight excluding hydrogens is 328 g/mol. The Morgan fingerprint density at radius 3 is 2.60 bits per heavy atom. The number of ether oxygens (including phenoxy) is 1. The normalized spacial score (nSPS) is 10.6. The van der Waals surface area contributed by atoms with Crippen LogP contribution in [0.15, 0.2) is 40.9 Å². The SMILES string of the molecule is CNCc1cc(F)cc(OCc2ccc(F)cc2Br)c1. The summed E-state index contributed by atoms with van der Waals surface area (Å²) < 4.78 is 32.6. The summed E-state index contributed by atoms with van der Waals surface area (Å²) in [7, 11) is 1.79. The number of halogens is 3. The van der Waals surface area contributed by atoms with Crippen molar-refractivity contribution in [2.45, 2.75) is 13.2 Å². The lowest BCUT2D eigenvalue weighted by Crippen LogP contribution is -2.06. The second-order valence-corrected chi connectivity index (χ2v) is 5.20. The minimum absolute atomic E-state index is 0.239. The first kappa shape index (κ1) is 14.9. The molecule has 0 spiro atoms. The molecule has 5 heteroatoms. The highest BCUT2D eigenvalue weighted by molar-refractivity contribution is 9.10. The van der Waals surface area contributed by atoms with Crippen LogP contribution in [0.1, 0.15) is 11.1 Å². The average Bonchev–Trinajstić information content (AvgIpc) is 2.37. The van der Waals surface area contributed by atoms with Crippen LogP contribution in [-0.2, 0) is 13.2 Å². The Hall–Kier alpha value is -1.46. The van der Waals surface area contributed by atoms with E-state index < -0.39 is 0 Å². The predicted octanol–water partition coefficient (Wildman–Crippen LogP) is 4.03. The Morgan fingerprint density at radius 2 is 1.90 bits per heavy atom. The van der Waals surface area contributed by atoms with E-state index in [1.807, 2.05) is 0 Å². The number of rotatable bonds is 5. The summed E-state index contributed by atoms with van der Waals surface area (Å²) in [6.07, 6.45) is 0. The second-order valence-electron chi connectivity index (χ2n) is 4.35. The molecular formula is C15H14BrF2NO. The number of hydrogen-bond donors (Lipinski definition) is 1. The number of hydrogen-bond acceptors (Lipinski definition) is 2. The summed E-state index contributed by atoms with van der Waals surface area (Å²) in [5.74, 6) is -0.208. The van der Waals surface area contributed by atoms with Gasteiger partial charge in [-0.1, -0.05) is 22.0 Å². The first-order chi connectivity index (χ1) is 9.58. The van der Waals surface area contributed by atoms with Gasteiger partial charge in [0.05, 0.1) is 0 Å². The first-order valence-corrected chi connectivity index (χ1v) is 6.88. The largest absolute Gasteiger partial charge is 0.489 e. The van der Waals surface area contributed by atoms with Gasteiger partial charge in [0.1, 0.15) is 24.0 Å². The second kappa shape index (κ2) is 6.81. The quantitative estimate of drug-likeness (QED) is 0.886. The van der Waals surface area contributed by atoms with Crippen molar-refractivity contribution in [2.75, 3.05) is 7.05 Å². The van der Waals surface area contributed by atoms with E-state index in [9.17, 15) is 8.78 Å². The van der Waals surface area contributed by atoms with Gasteiger partial charge in [0.25, 0.3) is 0 Å². The third-order valence-corrected chi connectivity index (χ3v) is 3.46. The highest BCUT2D eigenvalue weighted by Gasteiger charge is 2.05. The molecule has 0 fully saturated rings. The topological polar surface area (TPSA) is 21.3 Å². The van der Waals surface area contributed by atoms with Crippen LogP contribution >= 0.6 is 15.9 Å². The van der Waals surface area contributed by atoms with E-state index >= 15 is 0 Å². The molecule has 2 aromatic rings. The van der Waals surface area contributed by atoms with Gasteiger partial charge < -0.3 is 10.1 Å². The molecule has 0 amide bonds. The maximum absolute atomic E-state index is 13.4. The zero-order valence-corrected chi connectivity index (χ0v) is 12.5. The summed E-state index contributed by atoms with van der Waals surface area (Å²) in [6, 6.07) is 8.93. The Bertz CT molecular complexity index is 604. The highest BCUT2D eigenvalue weighted by Crippen LogP contribution is 2.22. The van der Waals surface area contributed by atoms with Gasteiger partial charge in [-0.15, -0.1) is 0 Å². The van der Waals surface area contributed by atoms with Crippen molar-refractivity contribution in [3.8, 4) is 5.75 Å². The van der Waals surface area contributed by atoms with Gasteiger partial charge in [-0.2, -0.15) is 0 Å². The van der Waals surface area contributed by atoms with Crippen LogP contribution in [0.5, 0.6) is 5.75 Å². The van der Waals surface area contributed by atoms with Gasteiger partial charge in [0.15, 0.2) is 0 Å². The fourth-order valence-electron chi connectivity index (χ4n) is 1.81. The molecule has 20 heavy (non-hydrogen) atoms. The minimum atomic E-state index is -0.342. The molecule has 2 rings (SSSR count). The van der Waals surface area contributed by atoms with Gasteiger partial charge in [0.2, 0.25) is 0 Å². The van der Waals surface area contributed by atoms with Gasteiger partial charge in [0, 0.05) is 22.6 Å². The van der Waals surface area contributed by atoms with Gasteiger partial charge in [-0.3, -0.25) is 0 Å². The van der Waals surface area contributed by atoms with Crippen LogP contribution in [0.4, 0.5) is 8.78 Å². The Labute approximate surface area is 124 Å². The zero-order chi connectivity index (χ0) is 14.5. The van der Waals surface area contributed by atoms with Crippen molar-refractivity contribution < 1.29 is 13.5 Å². The molecule has 0 unspecified atom stereocenters. The molecule has 1 N–H and O–H groups in total. The van der Waals surface area contributed by atoms with Crippen molar-refractivity contribution in [1.82, 2.24) is 5.32 Å². The van der Waals surface area contributed by atoms with Gasteiger partial charge in [-0.05, 0) is 36.9 Å². The third kappa shape index (κ3) is 4.02. The molecule has 0 radical (unpaired) electrons. The summed E-state index contributed by atoms with van der Waals surface area (Å²) in [5.41, 5.74) is 1.60. The monoisotopic (exact) mass is 341 g/mol.